The summed E-state index contributed by atoms with van der Waals surface area (Å²) in [5.74, 6) is 0.643. The molecule has 4 rings (SSSR count). The maximum Gasteiger partial charge on any atom is 0.324 e. The lowest BCUT2D eigenvalue weighted by Gasteiger charge is -2.36. The lowest BCUT2D eigenvalue weighted by atomic mass is 9.91. The molecule has 1 aliphatic heterocycles. The third-order valence-corrected chi connectivity index (χ3v) is 6.24. The molecule has 28 heavy (non-hydrogen) atoms. The molecule has 148 valence electrons. The number of anilines is 2. The molecular formula is C23H29N3O2. The van der Waals surface area contributed by atoms with E-state index in [0.29, 0.717) is 11.4 Å². The number of primary amides is 1. The number of rotatable bonds is 4. The number of amides is 2. The van der Waals surface area contributed by atoms with E-state index in [4.69, 9.17) is 10.5 Å². The maximum absolute atomic E-state index is 12.4. The molecule has 0 spiro atoms. The van der Waals surface area contributed by atoms with Crippen LogP contribution in [0.25, 0.3) is 0 Å². The molecular weight excluding hydrogens is 350 g/mol. The van der Waals surface area contributed by atoms with Crippen LogP contribution in [0.2, 0.25) is 0 Å². The first-order valence-corrected chi connectivity index (χ1v) is 10.2. The van der Waals surface area contributed by atoms with Crippen LogP contribution in [-0.4, -0.2) is 37.2 Å². The summed E-state index contributed by atoms with van der Waals surface area (Å²) in [6.07, 6.45) is 6.12. The normalized spacial score (nSPS) is 17.4. The van der Waals surface area contributed by atoms with Crippen molar-refractivity contribution in [2.24, 2.45) is 5.73 Å². The second-order valence-corrected chi connectivity index (χ2v) is 7.87. The number of methoxy groups -OCH3 is 1. The zero-order valence-electron chi connectivity index (χ0n) is 16.8. The molecule has 2 aliphatic rings. The van der Waals surface area contributed by atoms with Crippen molar-refractivity contribution in [1.29, 1.82) is 0 Å². The van der Waals surface area contributed by atoms with Crippen molar-refractivity contribution in [3.05, 3.63) is 53.1 Å². The molecule has 0 aromatic heterocycles. The fourth-order valence-corrected chi connectivity index (χ4v) is 4.43. The van der Waals surface area contributed by atoms with Gasteiger partial charge in [-0.05, 0) is 67.5 Å². The highest BCUT2D eigenvalue weighted by atomic mass is 16.5. The molecule has 5 heteroatoms. The Balaban J connectivity index is 1.67. The largest absolute Gasteiger partial charge is 0.495 e. The number of hydrogen-bond donors (Lipinski definition) is 1. The van der Waals surface area contributed by atoms with E-state index in [1.807, 2.05) is 31.2 Å². The molecule has 1 saturated carbocycles. The second-order valence-electron chi connectivity index (χ2n) is 7.87. The van der Waals surface area contributed by atoms with E-state index in [2.05, 4.69) is 17.0 Å². The van der Waals surface area contributed by atoms with Gasteiger partial charge in [0, 0.05) is 19.1 Å². The number of carbonyl (C=O) groups is 1. The topological polar surface area (TPSA) is 58.8 Å². The molecule has 5 nitrogen and oxygen atoms in total. The molecule has 2 amide bonds. The summed E-state index contributed by atoms with van der Waals surface area (Å²) in [6, 6.07) is 12.3. The summed E-state index contributed by atoms with van der Waals surface area (Å²) in [7, 11) is 1.61. The SMILES string of the molecule is COc1cccc(C)c1N(C(N)=O)c1ccc2c(c1)CCN(C1CCC1)CC2. The second kappa shape index (κ2) is 7.84. The van der Waals surface area contributed by atoms with Gasteiger partial charge in [-0.2, -0.15) is 0 Å². The average Bonchev–Trinajstić information content (AvgIpc) is 2.84. The number of hydrogen-bond acceptors (Lipinski definition) is 3. The fraction of sp³-hybridized carbons (Fsp3) is 0.435. The third kappa shape index (κ3) is 3.47. The van der Waals surface area contributed by atoms with Gasteiger partial charge in [0.1, 0.15) is 5.75 Å². The van der Waals surface area contributed by atoms with Gasteiger partial charge in [-0.25, -0.2) is 4.79 Å². The van der Waals surface area contributed by atoms with Crippen LogP contribution in [0.4, 0.5) is 16.2 Å². The van der Waals surface area contributed by atoms with E-state index < -0.39 is 6.03 Å². The van der Waals surface area contributed by atoms with Crippen molar-refractivity contribution in [2.45, 2.75) is 45.1 Å². The van der Waals surface area contributed by atoms with Crippen molar-refractivity contribution >= 4 is 17.4 Å². The molecule has 1 heterocycles. The van der Waals surface area contributed by atoms with E-state index in [0.717, 1.165) is 43.2 Å². The highest BCUT2D eigenvalue weighted by molar-refractivity contribution is 6.00. The summed E-state index contributed by atoms with van der Waals surface area (Å²) in [6.45, 7) is 4.18. The van der Waals surface area contributed by atoms with Crippen LogP contribution in [0.3, 0.4) is 0 Å². The van der Waals surface area contributed by atoms with Crippen LogP contribution >= 0.6 is 0 Å². The van der Waals surface area contributed by atoms with Crippen molar-refractivity contribution in [3.63, 3.8) is 0 Å². The Morgan fingerprint density at radius 3 is 2.54 bits per heavy atom. The summed E-state index contributed by atoms with van der Waals surface area (Å²) in [5.41, 5.74) is 11.0. The average molecular weight is 380 g/mol. The summed E-state index contributed by atoms with van der Waals surface area (Å²) in [5, 5.41) is 0. The number of fused-ring (bicyclic) bond motifs is 1. The number of para-hydroxylation sites is 1. The van der Waals surface area contributed by atoms with Crippen LogP contribution in [0.15, 0.2) is 36.4 Å². The highest BCUT2D eigenvalue weighted by Crippen LogP contribution is 2.37. The van der Waals surface area contributed by atoms with Crippen molar-refractivity contribution in [1.82, 2.24) is 4.90 Å². The molecule has 0 unspecified atom stereocenters. The molecule has 1 fully saturated rings. The van der Waals surface area contributed by atoms with Crippen molar-refractivity contribution in [2.75, 3.05) is 25.1 Å². The van der Waals surface area contributed by atoms with Gasteiger partial charge < -0.3 is 10.5 Å². The minimum absolute atomic E-state index is 0.503. The molecule has 2 N–H and O–H groups in total. The Morgan fingerprint density at radius 2 is 1.89 bits per heavy atom. The van der Waals surface area contributed by atoms with Crippen molar-refractivity contribution in [3.8, 4) is 5.75 Å². The summed E-state index contributed by atoms with van der Waals surface area (Å²) < 4.78 is 5.51. The molecule has 0 saturated heterocycles. The van der Waals surface area contributed by atoms with Gasteiger partial charge in [0.05, 0.1) is 18.5 Å². The van der Waals surface area contributed by atoms with Gasteiger partial charge in [0.2, 0.25) is 0 Å². The Kier molecular flexibility index (Phi) is 5.27. The summed E-state index contributed by atoms with van der Waals surface area (Å²) in [4.78, 5) is 16.6. The number of ether oxygens (including phenoxy) is 1. The first-order chi connectivity index (χ1) is 13.6. The quantitative estimate of drug-likeness (QED) is 0.867. The molecule has 2 aromatic carbocycles. The molecule has 1 aliphatic carbocycles. The zero-order chi connectivity index (χ0) is 19.7. The summed E-state index contributed by atoms with van der Waals surface area (Å²) >= 11 is 0. The van der Waals surface area contributed by atoms with Gasteiger partial charge in [-0.3, -0.25) is 9.80 Å². The van der Waals surface area contributed by atoms with E-state index in [9.17, 15) is 4.79 Å². The Labute approximate surface area is 167 Å². The molecule has 0 atom stereocenters. The molecule has 0 bridgehead atoms. The Hall–Kier alpha value is -2.53. The van der Waals surface area contributed by atoms with Crippen LogP contribution in [0, 0.1) is 6.92 Å². The number of urea groups is 1. The monoisotopic (exact) mass is 379 g/mol. The first kappa shape index (κ1) is 18.8. The number of aryl methyl sites for hydroxylation is 1. The van der Waals surface area contributed by atoms with E-state index in [1.165, 1.54) is 30.4 Å². The van der Waals surface area contributed by atoms with Gasteiger partial charge in [-0.1, -0.05) is 24.6 Å². The first-order valence-electron chi connectivity index (χ1n) is 10.2. The van der Waals surface area contributed by atoms with Gasteiger partial charge in [-0.15, -0.1) is 0 Å². The van der Waals surface area contributed by atoms with Gasteiger partial charge in [0.25, 0.3) is 0 Å². The lowest BCUT2D eigenvalue weighted by Crippen LogP contribution is -2.41. The van der Waals surface area contributed by atoms with Crippen LogP contribution in [-0.2, 0) is 12.8 Å². The number of nitrogens with zero attached hydrogens (tertiary/aromatic N) is 2. The number of carbonyl (C=O) groups excluding carboxylic acids is 1. The minimum Gasteiger partial charge on any atom is -0.495 e. The molecule has 0 radical (unpaired) electrons. The fourth-order valence-electron chi connectivity index (χ4n) is 4.43. The highest BCUT2D eigenvalue weighted by Gasteiger charge is 2.27. The Morgan fingerprint density at radius 1 is 1.14 bits per heavy atom. The van der Waals surface area contributed by atoms with E-state index in [1.54, 1.807) is 12.0 Å². The number of benzene rings is 2. The Bertz CT molecular complexity index is 876. The lowest BCUT2D eigenvalue weighted by molar-refractivity contribution is 0.133. The van der Waals surface area contributed by atoms with Crippen LogP contribution in [0.1, 0.15) is 36.0 Å². The molecule has 2 aromatic rings. The third-order valence-electron chi connectivity index (χ3n) is 6.24. The van der Waals surface area contributed by atoms with Crippen LogP contribution in [0.5, 0.6) is 5.75 Å². The standard InChI is InChI=1S/C23H29N3O2/c1-16-5-3-8-21(28-2)22(16)26(23(24)27)20-10-9-17-11-13-25(19-6-4-7-19)14-12-18(17)15-20/h3,5,8-10,15,19H,4,6-7,11-14H2,1-2H3,(H2,24,27). The maximum atomic E-state index is 12.4. The van der Waals surface area contributed by atoms with E-state index >= 15 is 0 Å². The van der Waals surface area contributed by atoms with Crippen LogP contribution < -0.4 is 15.4 Å². The smallest absolute Gasteiger partial charge is 0.324 e. The number of nitrogens with two attached hydrogens (primary N) is 1. The van der Waals surface area contributed by atoms with Gasteiger partial charge in [0.15, 0.2) is 0 Å². The van der Waals surface area contributed by atoms with Gasteiger partial charge >= 0.3 is 6.03 Å². The predicted octanol–water partition coefficient (Wildman–Crippen LogP) is 4.17. The predicted molar refractivity (Wildman–Crippen MR) is 113 cm³/mol. The van der Waals surface area contributed by atoms with E-state index in [-0.39, 0.29) is 0 Å². The van der Waals surface area contributed by atoms with Crippen molar-refractivity contribution < 1.29 is 9.53 Å². The minimum atomic E-state index is -0.503. The zero-order valence-corrected chi connectivity index (χ0v) is 16.8.